The standard InChI is InChI=1S/C15H23Cl2NO/c1-3-5-6-11(4-2)10-19-15-12(9-18)7-13(16)8-14(15)17/h7-8,11H,3-6,9-10,18H2,1-2H3. The quantitative estimate of drug-likeness (QED) is 0.729. The van der Waals surface area contributed by atoms with E-state index >= 15 is 0 Å². The van der Waals surface area contributed by atoms with Crippen LogP contribution >= 0.6 is 23.2 Å². The van der Waals surface area contributed by atoms with Crippen LogP contribution in [0.25, 0.3) is 0 Å². The summed E-state index contributed by atoms with van der Waals surface area (Å²) in [5.41, 5.74) is 6.57. The molecule has 108 valence electrons. The molecule has 0 radical (unpaired) electrons. The van der Waals surface area contributed by atoms with Crippen LogP contribution in [0.1, 0.15) is 45.1 Å². The highest BCUT2D eigenvalue weighted by molar-refractivity contribution is 6.35. The smallest absolute Gasteiger partial charge is 0.142 e. The van der Waals surface area contributed by atoms with E-state index in [0.29, 0.717) is 34.9 Å². The van der Waals surface area contributed by atoms with Crippen molar-refractivity contribution < 1.29 is 4.74 Å². The number of unbranched alkanes of at least 4 members (excludes halogenated alkanes) is 1. The zero-order chi connectivity index (χ0) is 14.3. The first kappa shape index (κ1) is 16.6. The highest BCUT2D eigenvalue weighted by Gasteiger charge is 2.12. The summed E-state index contributed by atoms with van der Waals surface area (Å²) in [6.07, 6.45) is 4.76. The third-order valence-corrected chi connectivity index (χ3v) is 3.81. The van der Waals surface area contributed by atoms with Crippen molar-refractivity contribution in [2.75, 3.05) is 6.61 Å². The van der Waals surface area contributed by atoms with Gasteiger partial charge in [0, 0.05) is 17.1 Å². The molecule has 19 heavy (non-hydrogen) atoms. The van der Waals surface area contributed by atoms with Crippen LogP contribution in [0.4, 0.5) is 0 Å². The number of ether oxygens (including phenoxy) is 1. The number of rotatable bonds is 8. The van der Waals surface area contributed by atoms with E-state index in [4.69, 9.17) is 33.7 Å². The lowest BCUT2D eigenvalue weighted by molar-refractivity contribution is 0.231. The molecule has 0 aliphatic rings. The lowest BCUT2D eigenvalue weighted by Gasteiger charge is -2.18. The summed E-state index contributed by atoms with van der Waals surface area (Å²) >= 11 is 12.1. The van der Waals surface area contributed by atoms with Crippen molar-refractivity contribution in [1.29, 1.82) is 0 Å². The molecule has 0 saturated carbocycles. The zero-order valence-electron chi connectivity index (χ0n) is 11.7. The second kappa shape index (κ2) is 8.68. The predicted octanol–water partition coefficient (Wildman–Crippen LogP) is 5.05. The van der Waals surface area contributed by atoms with Gasteiger partial charge in [-0.25, -0.2) is 0 Å². The highest BCUT2D eigenvalue weighted by Crippen LogP contribution is 2.33. The van der Waals surface area contributed by atoms with E-state index in [1.54, 1.807) is 6.07 Å². The number of hydrogen-bond donors (Lipinski definition) is 1. The lowest BCUT2D eigenvalue weighted by atomic mass is 10.0. The van der Waals surface area contributed by atoms with Gasteiger partial charge in [-0.15, -0.1) is 0 Å². The molecular formula is C15H23Cl2NO. The van der Waals surface area contributed by atoms with Crippen LogP contribution in [0.2, 0.25) is 10.0 Å². The second-order valence-electron chi connectivity index (χ2n) is 4.81. The van der Waals surface area contributed by atoms with Crippen molar-refractivity contribution in [1.82, 2.24) is 0 Å². The molecule has 0 aliphatic heterocycles. The van der Waals surface area contributed by atoms with E-state index in [1.165, 1.54) is 19.3 Å². The van der Waals surface area contributed by atoms with Crippen LogP contribution in [0.5, 0.6) is 5.75 Å². The maximum Gasteiger partial charge on any atom is 0.142 e. The van der Waals surface area contributed by atoms with Crippen molar-refractivity contribution in [3.63, 3.8) is 0 Å². The molecule has 0 heterocycles. The average molecular weight is 304 g/mol. The Labute approximate surface area is 126 Å². The number of halogens is 2. The van der Waals surface area contributed by atoms with E-state index < -0.39 is 0 Å². The van der Waals surface area contributed by atoms with Crippen LogP contribution in [-0.2, 0) is 6.54 Å². The van der Waals surface area contributed by atoms with E-state index in [1.807, 2.05) is 6.07 Å². The fraction of sp³-hybridized carbons (Fsp3) is 0.600. The van der Waals surface area contributed by atoms with Gasteiger partial charge in [0.05, 0.1) is 11.6 Å². The van der Waals surface area contributed by atoms with Gasteiger partial charge in [-0.2, -0.15) is 0 Å². The van der Waals surface area contributed by atoms with Gasteiger partial charge in [0.15, 0.2) is 0 Å². The van der Waals surface area contributed by atoms with Crippen molar-refractivity contribution in [2.24, 2.45) is 11.7 Å². The summed E-state index contributed by atoms with van der Waals surface area (Å²) in [6, 6.07) is 3.51. The van der Waals surface area contributed by atoms with Gasteiger partial charge < -0.3 is 10.5 Å². The monoisotopic (exact) mass is 303 g/mol. The molecule has 1 aromatic rings. The van der Waals surface area contributed by atoms with Crippen molar-refractivity contribution in [3.8, 4) is 5.75 Å². The Morgan fingerprint density at radius 2 is 2.00 bits per heavy atom. The summed E-state index contributed by atoms with van der Waals surface area (Å²) in [5, 5.41) is 1.13. The fourth-order valence-electron chi connectivity index (χ4n) is 2.03. The second-order valence-corrected chi connectivity index (χ2v) is 5.65. The van der Waals surface area contributed by atoms with Crippen LogP contribution in [-0.4, -0.2) is 6.61 Å². The maximum absolute atomic E-state index is 6.18. The molecule has 0 aliphatic carbocycles. The predicted molar refractivity (Wildman–Crippen MR) is 83.2 cm³/mol. The maximum atomic E-state index is 6.18. The third-order valence-electron chi connectivity index (χ3n) is 3.31. The molecule has 4 heteroatoms. The molecular weight excluding hydrogens is 281 g/mol. The summed E-state index contributed by atoms with van der Waals surface area (Å²) in [7, 11) is 0. The first-order chi connectivity index (χ1) is 9.12. The summed E-state index contributed by atoms with van der Waals surface area (Å²) in [6.45, 7) is 5.46. The van der Waals surface area contributed by atoms with Gasteiger partial charge in [0.2, 0.25) is 0 Å². The molecule has 2 nitrogen and oxygen atoms in total. The Morgan fingerprint density at radius 1 is 1.26 bits per heavy atom. The summed E-state index contributed by atoms with van der Waals surface area (Å²) in [4.78, 5) is 0. The molecule has 1 atom stereocenters. The van der Waals surface area contributed by atoms with E-state index in [-0.39, 0.29) is 0 Å². The minimum Gasteiger partial charge on any atom is -0.491 e. The van der Waals surface area contributed by atoms with Gasteiger partial charge in [0.1, 0.15) is 5.75 Å². The minimum absolute atomic E-state index is 0.376. The summed E-state index contributed by atoms with van der Waals surface area (Å²) < 4.78 is 5.89. The Kier molecular flexibility index (Phi) is 7.59. The van der Waals surface area contributed by atoms with Crippen LogP contribution in [0, 0.1) is 5.92 Å². The third kappa shape index (κ3) is 5.21. The van der Waals surface area contributed by atoms with Gasteiger partial charge in [0.25, 0.3) is 0 Å². The van der Waals surface area contributed by atoms with Gasteiger partial charge >= 0.3 is 0 Å². The van der Waals surface area contributed by atoms with E-state index in [0.717, 1.165) is 12.0 Å². The number of benzene rings is 1. The first-order valence-electron chi connectivity index (χ1n) is 6.93. The fourth-order valence-corrected chi connectivity index (χ4v) is 2.62. The molecule has 0 saturated heterocycles. The van der Waals surface area contributed by atoms with Crippen LogP contribution < -0.4 is 10.5 Å². The number of nitrogens with two attached hydrogens (primary N) is 1. The molecule has 0 amide bonds. The van der Waals surface area contributed by atoms with Crippen LogP contribution in [0.3, 0.4) is 0 Å². The Hall–Kier alpha value is -0.440. The van der Waals surface area contributed by atoms with Gasteiger partial charge in [-0.3, -0.25) is 0 Å². The first-order valence-corrected chi connectivity index (χ1v) is 7.68. The highest BCUT2D eigenvalue weighted by atomic mass is 35.5. The average Bonchev–Trinajstić information content (AvgIpc) is 2.40. The topological polar surface area (TPSA) is 35.2 Å². The minimum atomic E-state index is 0.376. The largest absolute Gasteiger partial charge is 0.491 e. The molecule has 2 N–H and O–H groups in total. The number of hydrogen-bond acceptors (Lipinski definition) is 2. The molecule has 0 fully saturated rings. The molecule has 1 aromatic carbocycles. The van der Waals surface area contributed by atoms with Crippen LogP contribution in [0.15, 0.2) is 12.1 Å². The van der Waals surface area contributed by atoms with E-state index in [2.05, 4.69) is 13.8 Å². The Morgan fingerprint density at radius 3 is 2.58 bits per heavy atom. The SMILES string of the molecule is CCCCC(CC)COc1c(Cl)cc(Cl)cc1CN. The zero-order valence-corrected chi connectivity index (χ0v) is 13.2. The normalized spacial score (nSPS) is 12.5. The summed E-state index contributed by atoms with van der Waals surface area (Å²) in [5.74, 6) is 1.25. The van der Waals surface area contributed by atoms with Gasteiger partial charge in [-0.05, 0) is 24.5 Å². The van der Waals surface area contributed by atoms with Gasteiger partial charge in [-0.1, -0.05) is 56.3 Å². The van der Waals surface area contributed by atoms with Crippen molar-refractivity contribution in [2.45, 2.75) is 46.1 Å². The molecule has 0 bridgehead atoms. The van der Waals surface area contributed by atoms with Crippen molar-refractivity contribution in [3.05, 3.63) is 27.7 Å². The van der Waals surface area contributed by atoms with E-state index in [9.17, 15) is 0 Å². The molecule has 0 aromatic heterocycles. The molecule has 1 unspecified atom stereocenters. The Bertz CT molecular complexity index is 396. The molecule has 0 spiro atoms. The van der Waals surface area contributed by atoms with Crippen molar-refractivity contribution >= 4 is 23.2 Å². The lowest BCUT2D eigenvalue weighted by Crippen LogP contribution is -2.13. The Balaban J connectivity index is 2.70. The molecule has 1 rings (SSSR count).